The van der Waals surface area contributed by atoms with Crippen LogP contribution in [0.2, 0.25) is 0 Å². The monoisotopic (exact) mass is 245 g/mol. The molecule has 4 nitrogen and oxygen atoms in total. The van der Waals surface area contributed by atoms with Gasteiger partial charge in [0.2, 0.25) is 0 Å². The zero-order valence-electron chi connectivity index (χ0n) is 10.6. The standard InChI is InChI=1S/C14H19N3O/c1-11-14(17-10-16-11)8-15-13(9-18)7-12-5-3-2-4-6-12/h2-6,10,13,15,18H,7-9H2,1H3,(H,16,17). The molecule has 1 aromatic carbocycles. The number of aliphatic hydroxyl groups is 1. The molecule has 18 heavy (non-hydrogen) atoms. The molecule has 0 aliphatic heterocycles. The lowest BCUT2D eigenvalue weighted by molar-refractivity contribution is 0.240. The highest BCUT2D eigenvalue weighted by atomic mass is 16.3. The molecule has 0 saturated heterocycles. The molecule has 0 saturated carbocycles. The van der Waals surface area contributed by atoms with E-state index in [9.17, 15) is 5.11 Å². The van der Waals surface area contributed by atoms with Gasteiger partial charge in [-0.15, -0.1) is 0 Å². The SMILES string of the molecule is Cc1[nH]cnc1CNC(CO)Cc1ccccc1. The third-order valence-corrected chi connectivity index (χ3v) is 3.04. The minimum absolute atomic E-state index is 0.0588. The Kier molecular flexibility index (Phi) is 4.50. The van der Waals surface area contributed by atoms with Gasteiger partial charge < -0.3 is 15.4 Å². The molecular weight excluding hydrogens is 226 g/mol. The highest BCUT2D eigenvalue weighted by Crippen LogP contribution is 2.05. The lowest BCUT2D eigenvalue weighted by Gasteiger charge is -2.15. The van der Waals surface area contributed by atoms with Crippen LogP contribution in [0.4, 0.5) is 0 Å². The maximum Gasteiger partial charge on any atom is 0.0925 e. The predicted octanol–water partition coefficient (Wildman–Crippen LogP) is 1.41. The van der Waals surface area contributed by atoms with E-state index in [0.29, 0.717) is 6.54 Å². The highest BCUT2D eigenvalue weighted by Gasteiger charge is 2.09. The summed E-state index contributed by atoms with van der Waals surface area (Å²) in [5, 5.41) is 12.7. The van der Waals surface area contributed by atoms with Crippen molar-refractivity contribution in [2.45, 2.75) is 25.9 Å². The molecule has 1 aromatic heterocycles. The Balaban J connectivity index is 1.88. The van der Waals surface area contributed by atoms with Crippen LogP contribution >= 0.6 is 0 Å². The van der Waals surface area contributed by atoms with Gasteiger partial charge in [-0.2, -0.15) is 0 Å². The Hall–Kier alpha value is -1.65. The molecule has 96 valence electrons. The van der Waals surface area contributed by atoms with Crippen LogP contribution in [-0.2, 0) is 13.0 Å². The third kappa shape index (κ3) is 3.42. The summed E-state index contributed by atoms with van der Waals surface area (Å²) in [4.78, 5) is 7.28. The van der Waals surface area contributed by atoms with Crippen LogP contribution < -0.4 is 5.32 Å². The van der Waals surface area contributed by atoms with Crippen molar-refractivity contribution in [1.29, 1.82) is 0 Å². The van der Waals surface area contributed by atoms with Gasteiger partial charge in [0.1, 0.15) is 0 Å². The molecule has 0 fully saturated rings. The summed E-state index contributed by atoms with van der Waals surface area (Å²) >= 11 is 0. The molecule has 0 spiro atoms. The predicted molar refractivity (Wildman–Crippen MR) is 71.2 cm³/mol. The van der Waals surface area contributed by atoms with Gasteiger partial charge in [-0.3, -0.25) is 0 Å². The van der Waals surface area contributed by atoms with E-state index in [1.54, 1.807) is 6.33 Å². The number of hydrogen-bond donors (Lipinski definition) is 3. The molecule has 3 N–H and O–H groups in total. The Morgan fingerprint density at radius 3 is 2.72 bits per heavy atom. The summed E-state index contributed by atoms with van der Waals surface area (Å²) in [5.74, 6) is 0. The lowest BCUT2D eigenvalue weighted by atomic mass is 10.1. The van der Waals surface area contributed by atoms with Gasteiger partial charge in [-0.25, -0.2) is 4.98 Å². The summed E-state index contributed by atoms with van der Waals surface area (Å²) in [5.41, 5.74) is 3.29. The normalized spacial score (nSPS) is 12.6. The van der Waals surface area contributed by atoms with Crippen molar-refractivity contribution < 1.29 is 5.11 Å². The maximum atomic E-state index is 9.39. The molecular formula is C14H19N3O. The lowest BCUT2D eigenvalue weighted by Crippen LogP contribution is -2.34. The van der Waals surface area contributed by atoms with E-state index in [4.69, 9.17) is 0 Å². The number of aromatic amines is 1. The number of rotatable bonds is 6. The summed E-state index contributed by atoms with van der Waals surface area (Å²) in [6, 6.07) is 10.2. The minimum atomic E-state index is 0.0588. The first kappa shape index (κ1) is 12.8. The summed E-state index contributed by atoms with van der Waals surface area (Å²) in [6.07, 6.45) is 2.51. The van der Waals surface area contributed by atoms with Crippen LogP contribution in [-0.4, -0.2) is 27.7 Å². The number of aryl methyl sites for hydroxylation is 1. The number of benzene rings is 1. The van der Waals surface area contributed by atoms with E-state index in [-0.39, 0.29) is 12.6 Å². The number of imidazole rings is 1. The Labute approximate surface area is 107 Å². The smallest absolute Gasteiger partial charge is 0.0925 e. The second kappa shape index (κ2) is 6.33. The van der Waals surface area contributed by atoms with E-state index in [2.05, 4.69) is 27.4 Å². The summed E-state index contributed by atoms with van der Waals surface area (Å²) in [7, 11) is 0. The Morgan fingerprint density at radius 2 is 2.11 bits per heavy atom. The van der Waals surface area contributed by atoms with E-state index in [0.717, 1.165) is 17.8 Å². The van der Waals surface area contributed by atoms with Gasteiger partial charge in [-0.1, -0.05) is 30.3 Å². The molecule has 0 aliphatic carbocycles. The fourth-order valence-electron chi connectivity index (χ4n) is 1.91. The van der Waals surface area contributed by atoms with E-state index in [1.165, 1.54) is 5.56 Å². The number of aliphatic hydroxyl groups excluding tert-OH is 1. The van der Waals surface area contributed by atoms with Gasteiger partial charge >= 0.3 is 0 Å². The van der Waals surface area contributed by atoms with Crippen LogP contribution in [0.5, 0.6) is 0 Å². The van der Waals surface area contributed by atoms with E-state index < -0.39 is 0 Å². The first-order valence-electron chi connectivity index (χ1n) is 6.16. The van der Waals surface area contributed by atoms with Crippen LogP contribution in [0.3, 0.4) is 0 Å². The molecule has 2 aromatic rings. The highest BCUT2D eigenvalue weighted by molar-refractivity contribution is 5.16. The van der Waals surface area contributed by atoms with Gasteiger partial charge in [0.25, 0.3) is 0 Å². The van der Waals surface area contributed by atoms with Gasteiger partial charge in [-0.05, 0) is 18.9 Å². The summed E-state index contributed by atoms with van der Waals surface area (Å²) < 4.78 is 0. The van der Waals surface area contributed by atoms with Crippen molar-refractivity contribution in [2.24, 2.45) is 0 Å². The van der Waals surface area contributed by atoms with Crippen LogP contribution in [0.15, 0.2) is 36.7 Å². The van der Waals surface area contributed by atoms with Gasteiger partial charge in [0.15, 0.2) is 0 Å². The Bertz CT molecular complexity index is 467. The number of aromatic nitrogens is 2. The quantitative estimate of drug-likeness (QED) is 0.721. The molecule has 1 atom stereocenters. The van der Waals surface area contributed by atoms with Crippen molar-refractivity contribution in [3.63, 3.8) is 0 Å². The fraction of sp³-hybridized carbons (Fsp3) is 0.357. The molecule has 0 radical (unpaired) electrons. The molecule has 2 rings (SSSR count). The minimum Gasteiger partial charge on any atom is -0.395 e. The summed E-state index contributed by atoms with van der Waals surface area (Å²) in [6.45, 7) is 2.79. The fourth-order valence-corrected chi connectivity index (χ4v) is 1.91. The number of hydrogen-bond acceptors (Lipinski definition) is 3. The molecule has 0 amide bonds. The van der Waals surface area contributed by atoms with Crippen molar-refractivity contribution in [3.8, 4) is 0 Å². The zero-order chi connectivity index (χ0) is 12.8. The van der Waals surface area contributed by atoms with Crippen molar-refractivity contribution in [3.05, 3.63) is 53.6 Å². The van der Waals surface area contributed by atoms with Crippen molar-refractivity contribution in [1.82, 2.24) is 15.3 Å². The number of nitrogens with zero attached hydrogens (tertiary/aromatic N) is 1. The Morgan fingerprint density at radius 1 is 1.33 bits per heavy atom. The second-order valence-electron chi connectivity index (χ2n) is 4.42. The third-order valence-electron chi connectivity index (χ3n) is 3.04. The van der Waals surface area contributed by atoms with Crippen molar-refractivity contribution in [2.75, 3.05) is 6.61 Å². The molecule has 1 unspecified atom stereocenters. The average Bonchev–Trinajstić information content (AvgIpc) is 2.81. The zero-order valence-corrected chi connectivity index (χ0v) is 10.6. The first-order valence-corrected chi connectivity index (χ1v) is 6.16. The van der Waals surface area contributed by atoms with Crippen LogP contribution in [0.25, 0.3) is 0 Å². The maximum absolute atomic E-state index is 9.39. The second-order valence-corrected chi connectivity index (χ2v) is 4.42. The van der Waals surface area contributed by atoms with E-state index in [1.807, 2.05) is 25.1 Å². The van der Waals surface area contributed by atoms with Gasteiger partial charge in [0.05, 0.1) is 18.6 Å². The largest absolute Gasteiger partial charge is 0.395 e. The molecule has 0 aliphatic rings. The molecule has 0 bridgehead atoms. The molecule has 1 heterocycles. The van der Waals surface area contributed by atoms with Crippen LogP contribution in [0.1, 0.15) is 17.0 Å². The van der Waals surface area contributed by atoms with E-state index >= 15 is 0 Å². The van der Waals surface area contributed by atoms with Gasteiger partial charge in [0, 0.05) is 18.3 Å². The molecule has 4 heteroatoms. The van der Waals surface area contributed by atoms with Crippen molar-refractivity contribution >= 4 is 0 Å². The number of nitrogens with one attached hydrogen (secondary N) is 2. The average molecular weight is 245 g/mol. The first-order chi connectivity index (χ1) is 8.79. The number of H-pyrrole nitrogens is 1. The van der Waals surface area contributed by atoms with Crippen LogP contribution in [0, 0.1) is 6.92 Å². The topological polar surface area (TPSA) is 60.9 Å².